The van der Waals surface area contributed by atoms with Crippen LogP contribution in [0.4, 0.5) is 0 Å². The van der Waals surface area contributed by atoms with E-state index in [9.17, 15) is 8.42 Å². The average molecular weight is 220 g/mol. The molecule has 0 aromatic rings. The highest BCUT2D eigenvalue weighted by molar-refractivity contribution is 7.87. The molecule has 0 aromatic carbocycles. The molecule has 2 fully saturated rings. The van der Waals surface area contributed by atoms with E-state index in [2.05, 4.69) is 10.0 Å². The molecule has 7 heteroatoms. The number of nitrogens with one attached hydrogen (secondary N) is 2. The first-order valence-electron chi connectivity index (χ1n) is 4.81. The Bertz CT molecular complexity index is 301. The number of rotatable bonds is 3. The lowest BCUT2D eigenvalue weighted by molar-refractivity contribution is 0.387. The second kappa shape index (κ2) is 3.74. The highest BCUT2D eigenvalue weighted by Crippen LogP contribution is 2.11. The third kappa shape index (κ3) is 2.06. The summed E-state index contributed by atoms with van der Waals surface area (Å²) in [6.45, 7) is 2.42. The summed E-state index contributed by atoms with van der Waals surface area (Å²) >= 11 is 0. The van der Waals surface area contributed by atoms with E-state index < -0.39 is 10.2 Å². The smallest absolute Gasteiger partial charge is 0.279 e. The van der Waals surface area contributed by atoms with Crippen molar-refractivity contribution in [3.05, 3.63) is 0 Å². The Hall–Kier alpha value is -0.210. The lowest BCUT2D eigenvalue weighted by Crippen LogP contribution is -2.59. The molecule has 6 nitrogen and oxygen atoms in total. The van der Waals surface area contributed by atoms with Crippen LogP contribution in [0.5, 0.6) is 0 Å². The topological polar surface area (TPSA) is 87.5 Å². The maximum Gasteiger partial charge on any atom is 0.279 e. The Kier molecular flexibility index (Phi) is 2.76. The predicted octanol–water partition coefficient (Wildman–Crippen LogP) is -2.17. The molecule has 0 aliphatic carbocycles. The van der Waals surface area contributed by atoms with Gasteiger partial charge in [0.2, 0.25) is 0 Å². The van der Waals surface area contributed by atoms with E-state index >= 15 is 0 Å². The lowest BCUT2D eigenvalue weighted by Gasteiger charge is -2.29. The van der Waals surface area contributed by atoms with Gasteiger partial charge in [0.25, 0.3) is 10.2 Å². The molecule has 0 aromatic heterocycles. The number of hydrogen-bond acceptors (Lipinski definition) is 4. The van der Waals surface area contributed by atoms with Crippen molar-refractivity contribution in [3.8, 4) is 0 Å². The highest BCUT2D eigenvalue weighted by atomic mass is 32.2. The molecule has 0 amide bonds. The zero-order chi connectivity index (χ0) is 10.2. The summed E-state index contributed by atoms with van der Waals surface area (Å²) in [5.74, 6) is 0. The largest absolute Gasteiger partial charge is 0.326 e. The monoisotopic (exact) mass is 220 g/mol. The van der Waals surface area contributed by atoms with Crippen molar-refractivity contribution in [2.24, 2.45) is 5.73 Å². The summed E-state index contributed by atoms with van der Waals surface area (Å²) in [6, 6.07) is 0.0444. The van der Waals surface area contributed by atoms with E-state index in [4.69, 9.17) is 5.73 Å². The van der Waals surface area contributed by atoms with Gasteiger partial charge in [0.05, 0.1) is 0 Å². The van der Waals surface area contributed by atoms with Gasteiger partial charge in [0.15, 0.2) is 0 Å². The molecule has 14 heavy (non-hydrogen) atoms. The number of hydrogen-bond donors (Lipinski definition) is 3. The summed E-state index contributed by atoms with van der Waals surface area (Å²) < 4.78 is 27.5. The van der Waals surface area contributed by atoms with E-state index in [-0.39, 0.29) is 12.1 Å². The fraction of sp³-hybridized carbons (Fsp3) is 1.00. The molecule has 4 N–H and O–H groups in total. The van der Waals surface area contributed by atoms with Gasteiger partial charge in [0, 0.05) is 38.3 Å². The van der Waals surface area contributed by atoms with Crippen LogP contribution in [-0.2, 0) is 10.2 Å². The third-order valence-electron chi connectivity index (χ3n) is 2.62. The minimum Gasteiger partial charge on any atom is -0.326 e. The van der Waals surface area contributed by atoms with Gasteiger partial charge < -0.3 is 11.1 Å². The maximum atomic E-state index is 11.7. The minimum absolute atomic E-state index is 0.00825. The first-order valence-corrected chi connectivity index (χ1v) is 6.25. The van der Waals surface area contributed by atoms with Crippen LogP contribution < -0.4 is 15.8 Å². The fourth-order valence-corrected chi connectivity index (χ4v) is 3.10. The average Bonchev–Trinajstić information content (AvgIpc) is 2.45. The minimum atomic E-state index is -3.29. The van der Waals surface area contributed by atoms with Crippen molar-refractivity contribution in [3.63, 3.8) is 0 Å². The van der Waals surface area contributed by atoms with E-state index in [0.29, 0.717) is 13.1 Å². The molecule has 0 spiro atoms. The normalized spacial score (nSPS) is 30.5. The van der Waals surface area contributed by atoms with Crippen molar-refractivity contribution >= 4 is 10.2 Å². The predicted molar refractivity (Wildman–Crippen MR) is 52.9 cm³/mol. The van der Waals surface area contributed by atoms with E-state index in [1.807, 2.05) is 0 Å². The molecule has 2 aliphatic rings. The van der Waals surface area contributed by atoms with Gasteiger partial charge in [-0.2, -0.15) is 17.4 Å². The molecular formula is C7H16N4O2S. The standard InChI is InChI=1S/C7H16N4O2S/c8-6-1-2-11(5-6)14(12,13)10-7-3-9-4-7/h6-7,9-10H,1-5,8H2. The van der Waals surface area contributed by atoms with Crippen LogP contribution in [-0.4, -0.2) is 51.0 Å². The summed E-state index contributed by atoms with van der Waals surface area (Å²) in [4.78, 5) is 0. The van der Waals surface area contributed by atoms with Gasteiger partial charge >= 0.3 is 0 Å². The summed E-state index contributed by atoms with van der Waals surface area (Å²) in [5.41, 5.74) is 5.65. The Morgan fingerprint density at radius 2 is 2.14 bits per heavy atom. The van der Waals surface area contributed by atoms with Gasteiger partial charge in [-0.05, 0) is 6.42 Å². The van der Waals surface area contributed by atoms with Crippen molar-refractivity contribution in [2.45, 2.75) is 18.5 Å². The Labute approximate surface area is 84.0 Å². The second-order valence-corrected chi connectivity index (χ2v) is 5.59. The molecule has 2 aliphatic heterocycles. The van der Waals surface area contributed by atoms with Crippen molar-refractivity contribution in [1.82, 2.24) is 14.3 Å². The highest BCUT2D eigenvalue weighted by Gasteiger charge is 2.32. The summed E-state index contributed by atoms with van der Waals surface area (Å²) in [5, 5.41) is 3.01. The number of nitrogens with zero attached hydrogens (tertiary/aromatic N) is 1. The van der Waals surface area contributed by atoms with Crippen molar-refractivity contribution in [2.75, 3.05) is 26.2 Å². The first-order chi connectivity index (χ1) is 6.58. The molecule has 2 rings (SSSR count). The number of nitrogens with two attached hydrogens (primary N) is 1. The Morgan fingerprint density at radius 3 is 2.57 bits per heavy atom. The molecule has 2 heterocycles. The van der Waals surface area contributed by atoms with Crippen LogP contribution in [0.25, 0.3) is 0 Å². The molecule has 0 bridgehead atoms. The van der Waals surface area contributed by atoms with Crippen LogP contribution in [0.1, 0.15) is 6.42 Å². The van der Waals surface area contributed by atoms with E-state index in [1.54, 1.807) is 0 Å². The van der Waals surface area contributed by atoms with Gasteiger partial charge in [-0.25, -0.2) is 0 Å². The quantitative estimate of drug-likeness (QED) is 0.505. The van der Waals surface area contributed by atoms with Crippen molar-refractivity contribution < 1.29 is 8.42 Å². The molecule has 0 radical (unpaired) electrons. The van der Waals surface area contributed by atoms with Crippen LogP contribution in [0.3, 0.4) is 0 Å². The molecule has 82 valence electrons. The summed E-state index contributed by atoms with van der Waals surface area (Å²) in [6.07, 6.45) is 0.754. The fourth-order valence-electron chi connectivity index (χ4n) is 1.63. The van der Waals surface area contributed by atoms with Gasteiger partial charge in [0.1, 0.15) is 0 Å². The van der Waals surface area contributed by atoms with E-state index in [1.165, 1.54) is 4.31 Å². The van der Waals surface area contributed by atoms with E-state index in [0.717, 1.165) is 19.5 Å². The van der Waals surface area contributed by atoms with Gasteiger partial charge in [-0.3, -0.25) is 0 Å². The molecular weight excluding hydrogens is 204 g/mol. The SMILES string of the molecule is NC1CCN(S(=O)(=O)NC2CNC2)C1. The van der Waals surface area contributed by atoms with Crippen LogP contribution in [0, 0.1) is 0 Å². The van der Waals surface area contributed by atoms with Gasteiger partial charge in [-0.1, -0.05) is 0 Å². The van der Waals surface area contributed by atoms with Gasteiger partial charge in [-0.15, -0.1) is 0 Å². The second-order valence-electron chi connectivity index (χ2n) is 3.88. The first kappa shape index (κ1) is 10.3. The summed E-state index contributed by atoms with van der Waals surface area (Å²) in [7, 11) is -3.29. The Balaban J connectivity index is 1.93. The lowest BCUT2D eigenvalue weighted by atomic mass is 10.2. The molecule has 2 saturated heterocycles. The molecule has 1 unspecified atom stereocenters. The Morgan fingerprint density at radius 1 is 1.43 bits per heavy atom. The van der Waals surface area contributed by atoms with Crippen LogP contribution in [0.2, 0.25) is 0 Å². The zero-order valence-corrected chi connectivity index (χ0v) is 8.76. The van der Waals surface area contributed by atoms with Crippen LogP contribution in [0.15, 0.2) is 0 Å². The molecule has 1 atom stereocenters. The zero-order valence-electron chi connectivity index (χ0n) is 7.94. The maximum absolute atomic E-state index is 11.7. The van der Waals surface area contributed by atoms with Crippen LogP contribution >= 0.6 is 0 Å². The third-order valence-corrected chi connectivity index (χ3v) is 4.27. The van der Waals surface area contributed by atoms with Crippen molar-refractivity contribution in [1.29, 1.82) is 0 Å². The molecule has 0 saturated carbocycles.